The smallest absolute Gasteiger partial charge is 0.346 e. The molecule has 0 saturated carbocycles. The maximum absolute atomic E-state index is 13.7. The molecule has 4 rings (SSSR count). The molecule has 26 heavy (non-hydrogen) atoms. The van der Waals surface area contributed by atoms with Gasteiger partial charge in [-0.05, 0) is 30.3 Å². The van der Waals surface area contributed by atoms with Crippen LogP contribution in [0.2, 0.25) is 0 Å². The molecule has 4 aromatic rings. The van der Waals surface area contributed by atoms with Crippen LogP contribution >= 0.6 is 11.3 Å². The summed E-state index contributed by atoms with van der Waals surface area (Å²) in [5, 5.41) is 12.3. The SMILES string of the molecule is COc1ccc2cc(-c3nnc(Nc4ccccc4F)s3)c(=O)oc2c1. The summed E-state index contributed by atoms with van der Waals surface area (Å²) in [6, 6.07) is 13.1. The largest absolute Gasteiger partial charge is 0.497 e. The van der Waals surface area contributed by atoms with Gasteiger partial charge in [0.25, 0.3) is 0 Å². The van der Waals surface area contributed by atoms with Crippen molar-refractivity contribution in [2.45, 2.75) is 0 Å². The van der Waals surface area contributed by atoms with Gasteiger partial charge in [0.1, 0.15) is 17.1 Å². The zero-order valence-corrected chi connectivity index (χ0v) is 14.3. The van der Waals surface area contributed by atoms with E-state index in [9.17, 15) is 9.18 Å². The van der Waals surface area contributed by atoms with E-state index in [1.165, 1.54) is 6.07 Å². The minimum absolute atomic E-state index is 0.285. The van der Waals surface area contributed by atoms with E-state index in [4.69, 9.17) is 9.15 Å². The normalized spacial score (nSPS) is 10.8. The van der Waals surface area contributed by atoms with Crippen LogP contribution in [0.3, 0.4) is 0 Å². The molecule has 0 spiro atoms. The van der Waals surface area contributed by atoms with Gasteiger partial charge in [0.15, 0.2) is 5.01 Å². The van der Waals surface area contributed by atoms with E-state index in [1.54, 1.807) is 49.6 Å². The van der Waals surface area contributed by atoms with Crippen LogP contribution < -0.4 is 15.7 Å². The van der Waals surface area contributed by atoms with Gasteiger partial charge < -0.3 is 14.5 Å². The molecule has 0 aliphatic rings. The predicted octanol–water partition coefficient (Wildman–Crippen LogP) is 4.20. The first kappa shape index (κ1) is 16.2. The molecule has 0 bridgehead atoms. The van der Waals surface area contributed by atoms with Gasteiger partial charge >= 0.3 is 5.63 Å². The number of ether oxygens (including phenoxy) is 1. The van der Waals surface area contributed by atoms with Crippen LogP contribution in [0, 0.1) is 5.82 Å². The van der Waals surface area contributed by atoms with Gasteiger partial charge in [-0.25, -0.2) is 9.18 Å². The lowest BCUT2D eigenvalue weighted by Crippen LogP contribution is -2.02. The van der Waals surface area contributed by atoms with Crippen molar-refractivity contribution in [3.05, 3.63) is 64.8 Å². The van der Waals surface area contributed by atoms with Gasteiger partial charge in [-0.3, -0.25) is 0 Å². The van der Waals surface area contributed by atoms with E-state index in [1.807, 2.05) is 0 Å². The molecule has 0 amide bonds. The molecule has 6 nitrogen and oxygen atoms in total. The lowest BCUT2D eigenvalue weighted by Gasteiger charge is -2.03. The van der Waals surface area contributed by atoms with E-state index in [0.717, 1.165) is 16.7 Å². The highest BCUT2D eigenvalue weighted by Gasteiger charge is 2.14. The Kier molecular flexibility index (Phi) is 4.10. The first-order chi connectivity index (χ1) is 12.6. The third-order valence-corrected chi connectivity index (χ3v) is 4.59. The summed E-state index contributed by atoms with van der Waals surface area (Å²) >= 11 is 1.14. The summed E-state index contributed by atoms with van der Waals surface area (Å²) < 4.78 is 24.2. The average Bonchev–Trinajstić information content (AvgIpc) is 3.11. The zero-order chi connectivity index (χ0) is 18.1. The maximum Gasteiger partial charge on any atom is 0.346 e. The lowest BCUT2D eigenvalue weighted by atomic mass is 10.2. The van der Waals surface area contributed by atoms with E-state index >= 15 is 0 Å². The molecule has 0 saturated heterocycles. The van der Waals surface area contributed by atoms with E-state index in [0.29, 0.717) is 27.0 Å². The predicted molar refractivity (Wildman–Crippen MR) is 97.6 cm³/mol. The highest BCUT2D eigenvalue weighted by Crippen LogP contribution is 2.29. The number of benzene rings is 2. The molecule has 8 heteroatoms. The van der Waals surface area contributed by atoms with Gasteiger partial charge in [-0.1, -0.05) is 23.5 Å². The first-order valence-electron chi connectivity index (χ1n) is 7.61. The highest BCUT2D eigenvalue weighted by atomic mass is 32.1. The summed E-state index contributed by atoms with van der Waals surface area (Å²) in [5.41, 5.74) is 0.473. The lowest BCUT2D eigenvalue weighted by molar-refractivity contribution is 0.414. The average molecular weight is 369 g/mol. The van der Waals surface area contributed by atoms with Crippen LogP contribution in [0.25, 0.3) is 21.5 Å². The number of para-hydroxylation sites is 1. The number of rotatable bonds is 4. The monoisotopic (exact) mass is 369 g/mol. The minimum Gasteiger partial charge on any atom is -0.497 e. The summed E-state index contributed by atoms with van der Waals surface area (Å²) in [5.74, 6) is 0.198. The molecule has 0 unspecified atom stereocenters. The summed E-state index contributed by atoms with van der Waals surface area (Å²) in [6.45, 7) is 0. The fourth-order valence-corrected chi connectivity index (χ4v) is 3.19. The zero-order valence-electron chi connectivity index (χ0n) is 13.5. The van der Waals surface area contributed by atoms with Gasteiger partial charge in [-0.15, -0.1) is 10.2 Å². The summed E-state index contributed by atoms with van der Waals surface area (Å²) in [4.78, 5) is 12.3. The Hall–Kier alpha value is -3.26. The molecule has 2 heterocycles. The Balaban J connectivity index is 1.70. The molecule has 0 fully saturated rings. The fourth-order valence-electron chi connectivity index (χ4n) is 2.43. The Labute approximate surface area is 150 Å². The molecule has 0 radical (unpaired) electrons. The van der Waals surface area contributed by atoms with Crippen molar-refractivity contribution in [1.82, 2.24) is 10.2 Å². The number of aromatic nitrogens is 2. The molecule has 0 aliphatic carbocycles. The van der Waals surface area contributed by atoms with Gasteiger partial charge in [0, 0.05) is 11.5 Å². The Morgan fingerprint density at radius 1 is 1.15 bits per heavy atom. The highest BCUT2D eigenvalue weighted by molar-refractivity contribution is 7.18. The minimum atomic E-state index is -0.528. The van der Waals surface area contributed by atoms with Gasteiger partial charge in [0.05, 0.1) is 18.4 Å². The molecule has 0 atom stereocenters. The second-order valence-corrected chi connectivity index (χ2v) is 6.35. The third-order valence-electron chi connectivity index (χ3n) is 3.71. The molecule has 2 aromatic heterocycles. The molecule has 130 valence electrons. The quantitative estimate of drug-likeness (QED) is 0.543. The Morgan fingerprint density at radius 3 is 2.81 bits per heavy atom. The molecule has 1 N–H and O–H groups in total. The van der Waals surface area contributed by atoms with Crippen LogP contribution in [0.1, 0.15) is 0 Å². The number of hydrogen-bond acceptors (Lipinski definition) is 7. The van der Waals surface area contributed by atoms with Crippen molar-refractivity contribution in [1.29, 1.82) is 0 Å². The van der Waals surface area contributed by atoms with Crippen molar-refractivity contribution in [3.63, 3.8) is 0 Å². The molecule has 0 aliphatic heterocycles. The molecule has 2 aromatic carbocycles. The van der Waals surface area contributed by atoms with Crippen LogP contribution in [0.4, 0.5) is 15.2 Å². The third kappa shape index (κ3) is 3.02. The maximum atomic E-state index is 13.7. The number of anilines is 2. The van der Waals surface area contributed by atoms with Crippen molar-refractivity contribution in [2.75, 3.05) is 12.4 Å². The first-order valence-corrected chi connectivity index (χ1v) is 8.43. The number of nitrogens with one attached hydrogen (secondary N) is 1. The van der Waals surface area contributed by atoms with Crippen molar-refractivity contribution in [2.24, 2.45) is 0 Å². The van der Waals surface area contributed by atoms with Crippen LogP contribution in [0.5, 0.6) is 5.75 Å². The Bertz CT molecular complexity index is 1160. The van der Waals surface area contributed by atoms with E-state index in [2.05, 4.69) is 15.5 Å². The second-order valence-electron chi connectivity index (χ2n) is 5.37. The number of halogens is 1. The van der Waals surface area contributed by atoms with E-state index in [-0.39, 0.29) is 5.69 Å². The fraction of sp³-hybridized carbons (Fsp3) is 0.0556. The van der Waals surface area contributed by atoms with Crippen LogP contribution in [-0.2, 0) is 0 Å². The van der Waals surface area contributed by atoms with Crippen LogP contribution in [-0.4, -0.2) is 17.3 Å². The topological polar surface area (TPSA) is 77.3 Å². The Morgan fingerprint density at radius 2 is 2.00 bits per heavy atom. The second kappa shape index (κ2) is 6.57. The number of fused-ring (bicyclic) bond motifs is 1. The summed E-state index contributed by atoms with van der Waals surface area (Å²) in [6.07, 6.45) is 0. The number of hydrogen-bond donors (Lipinski definition) is 1. The van der Waals surface area contributed by atoms with Crippen molar-refractivity contribution >= 4 is 33.1 Å². The number of methoxy groups -OCH3 is 1. The standard InChI is InChI=1S/C18H12FN3O3S/c1-24-11-7-6-10-8-12(17(23)25-15(10)9-11)16-21-22-18(26-16)20-14-5-3-2-4-13(14)19/h2-9H,1H3,(H,20,22). The van der Waals surface area contributed by atoms with Gasteiger partial charge in [-0.2, -0.15) is 0 Å². The molecular formula is C18H12FN3O3S. The summed E-state index contributed by atoms with van der Waals surface area (Å²) in [7, 11) is 1.54. The van der Waals surface area contributed by atoms with Crippen LogP contribution in [0.15, 0.2) is 57.7 Å². The number of nitrogens with zero attached hydrogens (tertiary/aromatic N) is 2. The van der Waals surface area contributed by atoms with Crippen molar-refractivity contribution < 1.29 is 13.5 Å². The van der Waals surface area contributed by atoms with Crippen molar-refractivity contribution in [3.8, 4) is 16.3 Å². The van der Waals surface area contributed by atoms with Gasteiger partial charge in [0.2, 0.25) is 5.13 Å². The van der Waals surface area contributed by atoms with E-state index < -0.39 is 11.4 Å². The molecular weight excluding hydrogens is 357 g/mol.